The summed E-state index contributed by atoms with van der Waals surface area (Å²) in [6.45, 7) is 13.6. The average Bonchev–Trinajstić information content (AvgIpc) is 3.69. The second kappa shape index (κ2) is 17.2. The highest BCUT2D eigenvalue weighted by Crippen LogP contribution is 2.31. The fourth-order valence-corrected chi connectivity index (χ4v) is 2.81. The molecule has 3 heterocycles. The summed E-state index contributed by atoms with van der Waals surface area (Å²) in [5.41, 5.74) is 1.34. The lowest BCUT2D eigenvalue weighted by Crippen LogP contribution is -1.92. The summed E-state index contributed by atoms with van der Waals surface area (Å²) in [6.07, 6.45) is 1.08. The maximum atomic E-state index is 5.30. The van der Waals surface area contributed by atoms with Crippen LogP contribution in [0.2, 0.25) is 0 Å². The summed E-state index contributed by atoms with van der Waals surface area (Å²) >= 11 is 0. The first-order valence-electron chi connectivity index (χ1n) is 11.8. The third-order valence-corrected chi connectivity index (χ3v) is 4.16. The van der Waals surface area contributed by atoms with E-state index in [0.29, 0.717) is 13.6 Å². The van der Waals surface area contributed by atoms with Crippen molar-refractivity contribution in [2.45, 2.75) is 48.0 Å². The van der Waals surface area contributed by atoms with E-state index in [4.69, 9.17) is 23.7 Å². The van der Waals surface area contributed by atoms with E-state index in [1.165, 1.54) is 5.56 Å². The molecule has 3 aliphatic rings. The van der Waals surface area contributed by atoms with E-state index in [1.807, 2.05) is 108 Å². The van der Waals surface area contributed by atoms with Gasteiger partial charge in [0.05, 0.1) is 6.61 Å². The van der Waals surface area contributed by atoms with Crippen LogP contribution in [0.1, 0.15) is 47.1 Å². The van der Waals surface area contributed by atoms with Gasteiger partial charge in [0.1, 0.15) is 5.75 Å². The molecule has 0 aliphatic carbocycles. The number of rotatable bonds is 0. The molecule has 0 saturated carbocycles. The van der Waals surface area contributed by atoms with Crippen molar-refractivity contribution >= 4 is 0 Å². The lowest BCUT2D eigenvalue weighted by Gasteiger charge is -1.93. The summed E-state index contributed by atoms with van der Waals surface area (Å²) in [6, 6.07) is 23.4. The molecular formula is C28H38O5. The maximum absolute atomic E-state index is 5.30. The van der Waals surface area contributed by atoms with Gasteiger partial charge in [0.2, 0.25) is 13.6 Å². The van der Waals surface area contributed by atoms with Crippen LogP contribution in [0.15, 0.2) is 72.8 Å². The molecule has 0 saturated heterocycles. The molecule has 0 spiro atoms. The minimum atomic E-state index is 0.360. The highest BCUT2D eigenvalue weighted by molar-refractivity contribution is 5.41. The summed E-state index contributed by atoms with van der Waals surface area (Å²) in [4.78, 5) is 0. The van der Waals surface area contributed by atoms with E-state index in [1.54, 1.807) is 0 Å². The van der Waals surface area contributed by atoms with Crippen LogP contribution in [0.4, 0.5) is 0 Å². The smallest absolute Gasteiger partial charge is 0.231 e. The van der Waals surface area contributed by atoms with Gasteiger partial charge >= 0.3 is 0 Å². The molecule has 0 radical (unpaired) electrons. The maximum Gasteiger partial charge on any atom is 0.231 e. The molecule has 0 unspecified atom stereocenters. The lowest BCUT2D eigenvalue weighted by molar-refractivity contribution is 0.173. The summed E-state index contributed by atoms with van der Waals surface area (Å²) in [5.74, 6) is 4.45. The summed E-state index contributed by atoms with van der Waals surface area (Å²) < 4.78 is 25.6. The second-order valence-corrected chi connectivity index (χ2v) is 5.91. The predicted octanol–water partition coefficient (Wildman–Crippen LogP) is 7.53. The van der Waals surface area contributed by atoms with Crippen molar-refractivity contribution in [3.8, 4) is 28.7 Å². The normalized spacial score (nSPS) is 12.1. The molecule has 3 aliphatic heterocycles. The average molecular weight is 455 g/mol. The Morgan fingerprint density at radius 2 is 0.758 bits per heavy atom. The Morgan fingerprint density at radius 1 is 0.424 bits per heavy atom. The molecule has 5 heteroatoms. The quantitative estimate of drug-likeness (QED) is 0.351. The first-order chi connectivity index (χ1) is 16.4. The van der Waals surface area contributed by atoms with Gasteiger partial charge < -0.3 is 23.7 Å². The first kappa shape index (κ1) is 27.7. The van der Waals surface area contributed by atoms with Crippen LogP contribution in [0.25, 0.3) is 0 Å². The number of hydrogen-bond donors (Lipinski definition) is 0. The predicted molar refractivity (Wildman–Crippen MR) is 135 cm³/mol. The molecule has 180 valence electrons. The molecule has 0 amide bonds. The molecule has 3 aromatic carbocycles. The number of hydrogen-bond acceptors (Lipinski definition) is 5. The molecule has 6 rings (SSSR count). The Labute approximate surface area is 199 Å². The van der Waals surface area contributed by atoms with E-state index >= 15 is 0 Å². The van der Waals surface area contributed by atoms with Gasteiger partial charge in [-0.25, -0.2) is 0 Å². The van der Waals surface area contributed by atoms with Crippen molar-refractivity contribution < 1.29 is 23.7 Å². The van der Waals surface area contributed by atoms with Gasteiger partial charge in [0.15, 0.2) is 23.0 Å². The van der Waals surface area contributed by atoms with Crippen LogP contribution in [-0.2, 0) is 6.42 Å². The highest BCUT2D eigenvalue weighted by atomic mass is 16.7. The largest absolute Gasteiger partial charge is 0.493 e. The van der Waals surface area contributed by atoms with Crippen LogP contribution >= 0.6 is 0 Å². The molecule has 33 heavy (non-hydrogen) atoms. The summed E-state index contributed by atoms with van der Waals surface area (Å²) in [5, 5.41) is 0. The Hall–Kier alpha value is -3.34. The molecule has 5 nitrogen and oxygen atoms in total. The summed E-state index contributed by atoms with van der Waals surface area (Å²) in [7, 11) is 0. The van der Waals surface area contributed by atoms with Gasteiger partial charge in [0.25, 0.3) is 0 Å². The number of ether oxygens (including phenoxy) is 5. The van der Waals surface area contributed by atoms with Crippen LogP contribution in [0, 0.1) is 0 Å². The van der Waals surface area contributed by atoms with E-state index in [-0.39, 0.29) is 0 Å². The van der Waals surface area contributed by atoms with Gasteiger partial charge in [-0.2, -0.15) is 0 Å². The standard InChI is InChI=1S/C8H8O.2C7H6O2.3C2H6/c1-2-4-8-7(3-1)5-6-9-8;2*1-2-4-7-6(3-1)8-5-9-7;3*1-2/h1-4H,5-6H2;2*1-4H,5H2;3*1-2H3. The fraction of sp³-hybridized carbons (Fsp3) is 0.357. The molecule has 3 aromatic rings. The van der Waals surface area contributed by atoms with Gasteiger partial charge in [-0.1, -0.05) is 84.0 Å². The number of benzene rings is 3. The van der Waals surface area contributed by atoms with Crippen LogP contribution < -0.4 is 23.7 Å². The lowest BCUT2D eigenvalue weighted by atomic mass is 10.2. The topological polar surface area (TPSA) is 46.2 Å². The molecular weight excluding hydrogens is 416 g/mol. The van der Waals surface area contributed by atoms with Gasteiger partial charge in [-0.3, -0.25) is 0 Å². The Balaban J connectivity index is 0.000000222. The van der Waals surface area contributed by atoms with Crippen molar-refractivity contribution in [1.29, 1.82) is 0 Å². The van der Waals surface area contributed by atoms with Crippen LogP contribution in [0.5, 0.6) is 28.7 Å². The third-order valence-electron chi connectivity index (χ3n) is 4.16. The van der Waals surface area contributed by atoms with Crippen molar-refractivity contribution in [3.05, 3.63) is 78.4 Å². The van der Waals surface area contributed by atoms with E-state index < -0.39 is 0 Å². The molecule has 0 bridgehead atoms. The molecule has 0 atom stereocenters. The van der Waals surface area contributed by atoms with Crippen LogP contribution in [-0.4, -0.2) is 20.2 Å². The van der Waals surface area contributed by atoms with Crippen molar-refractivity contribution in [3.63, 3.8) is 0 Å². The Bertz CT molecular complexity index is 708. The Kier molecular flexibility index (Phi) is 14.5. The van der Waals surface area contributed by atoms with E-state index in [2.05, 4.69) is 6.07 Å². The molecule has 0 fully saturated rings. The number of para-hydroxylation sites is 5. The second-order valence-electron chi connectivity index (χ2n) is 5.91. The minimum absolute atomic E-state index is 0.360. The van der Waals surface area contributed by atoms with E-state index in [0.717, 1.165) is 41.8 Å². The minimum Gasteiger partial charge on any atom is -0.493 e. The molecule has 0 N–H and O–H groups in total. The zero-order chi connectivity index (χ0) is 24.3. The van der Waals surface area contributed by atoms with Gasteiger partial charge in [-0.15, -0.1) is 0 Å². The fourth-order valence-electron chi connectivity index (χ4n) is 2.81. The van der Waals surface area contributed by atoms with E-state index in [9.17, 15) is 0 Å². The van der Waals surface area contributed by atoms with Crippen molar-refractivity contribution in [1.82, 2.24) is 0 Å². The zero-order valence-electron chi connectivity index (χ0n) is 20.8. The van der Waals surface area contributed by atoms with Crippen molar-refractivity contribution in [2.24, 2.45) is 0 Å². The highest BCUT2D eigenvalue weighted by Gasteiger charge is 2.10. The molecule has 0 aromatic heterocycles. The zero-order valence-corrected chi connectivity index (χ0v) is 20.8. The SMILES string of the molecule is CC.CC.CC.c1ccc2c(c1)CCO2.c1ccc2c(c1)OCO2.c1ccc2c(c1)OCO2. The van der Waals surface area contributed by atoms with Crippen LogP contribution in [0.3, 0.4) is 0 Å². The van der Waals surface area contributed by atoms with Gasteiger partial charge in [-0.05, 0) is 35.9 Å². The monoisotopic (exact) mass is 454 g/mol. The number of fused-ring (bicyclic) bond motifs is 3. The van der Waals surface area contributed by atoms with Crippen molar-refractivity contribution in [2.75, 3.05) is 20.2 Å². The Morgan fingerprint density at radius 3 is 1.12 bits per heavy atom. The van der Waals surface area contributed by atoms with Gasteiger partial charge in [0, 0.05) is 6.42 Å². The first-order valence-corrected chi connectivity index (χ1v) is 11.8. The third kappa shape index (κ3) is 8.97.